The number of sulfonamides is 1. The molecule has 9 nitrogen and oxygen atoms in total. The van der Waals surface area contributed by atoms with Crippen molar-refractivity contribution in [3.63, 3.8) is 0 Å². The molecule has 1 saturated heterocycles. The number of hydrogen-bond acceptors (Lipinski definition) is 6. The van der Waals surface area contributed by atoms with E-state index in [1.807, 2.05) is 6.92 Å². The second-order valence-electron chi connectivity index (χ2n) is 7.38. The van der Waals surface area contributed by atoms with E-state index in [9.17, 15) is 26.4 Å². The van der Waals surface area contributed by atoms with Gasteiger partial charge in [0, 0.05) is 13.6 Å². The van der Waals surface area contributed by atoms with Crippen LogP contribution in [0.1, 0.15) is 18.9 Å². The minimum Gasteiger partial charge on any atom is -0.354 e. The van der Waals surface area contributed by atoms with Crippen molar-refractivity contribution in [2.75, 3.05) is 31.6 Å². The van der Waals surface area contributed by atoms with Gasteiger partial charge in [0.2, 0.25) is 21.8 Å². The summed E-state index contributed by atoms with van der Waals surface area (Å²) in [6.07, 6.45) is 0.505. The van der Waals surface area contributed by atoms with Crippen LogP contribution in [0.5, 0.6) is 0 Å². The Kier molecular flexibility index (Phi) is 7.41. The Morgan fingerprint density at radius 1 is 1.24 bits per heavy atom. The molecule has 0 aliphatic carbocycles. The van der Waals surface area contributed by atoms with E-state index >= 15 is 0 Å². The standard InChI is InChI=1S/C18H27N3O6S2/c1-13-4-6-16(7-5-13)29(26,27)21(3)11-17(22)20-14(2)18(23)19-10-15-8-9-28(24,25)12-15/h4-7,14-15H,8-12H2,1-3H3,(H,19,23)(H,20,22). The SMILES string of the molecule is Cc1ccc(S(=O)(=O)N(C)CC(=O)NC(C)C(=O)NCC2CCS(=O)(=O)C2)cc1. The van der Waals surface area contributed by atoms with Crippen LogP contribution in [-0.2, 0) is 29.4 Å². The number of nitrogens with one attached hydrogen (secondary N) is 2. The van der Waals surface area contributed by atoms with Crippen LogP contribution in [0, 0.1) is 12.8 Å². The lowest BCUT2D eigenvalue weighted by molar-refractivity contribution is -0.128. The third-order valence-electron chi connectivity index (χ3n) is 4.76. The zero-order valence-electron chi connectivity index (χ0n) is 16.7. The zero-order valence-corrected chi connectivity index (χ0v) is 18.3. The topological polar surface area (TPSA) is 130 Å². The molecule has 0 aromatic heterocycles. The van der Waals surface area contributed by atoms with Gasteiger partial charge in [0.25, 0.3) is 0 Å². The highest BCUT2D eigenvalue weighted by atomic mass is 32.2. The molecule has 1 fully saturated rings. The van der Waals surface area contributed by atoms with Crippen molar-refractivity contribution in [3.8, 4) is 0 Å². The van der Waals surface area contributed by atoms with Gasteiger partial charge in [0.05, 0.1) is 22.9 Å². The Morgan fingerprint density at radius 3 is 2.41 bits per heavy atom. The van der Waals surface area contributed by atoms with Gasteiger partial charge in [-0.15, -0.1) is 0 Å². The normalized spacial score (nSPS) is 19.7. The monoisotopic (exact) mass is 445 g/mol. The lowest BCUT2D eigenvalue weighted by Crippen LogP contribution is -2.48. The summed E-state index contributed by atoms with van der Waals surface area (Å²) in [5, 5.41) is 5.09. The molecule has 29 heavy (non-hydrogen) atoms. The van der Waals surface area contributed by atoms with Crippen molar-refractivity contribution in [1.29, 1.82) is 0 Å². The van der Waals surface area contributed by atoms with Crippen molar-refractivity contribution >= 4 is 31.7 Å². The van der Waals surface area contributed by atoms with E-state index in [0.29, 0.717) is 6.42 Å². The summed E-state index contributed by atoms with van der Waals surface area (Å²) in [5.41, 5.74) is 0.916. The molecule has 0 radical (unpaired) electrons. The highest BCUT2D eigenvalue weighted by molar-refractivity contribution is 7.91. The van der Waals surface area contributed by atoms with E-state index in [2.05, 4.69) is 10.6 Å². The summed E-state index contributed by atoms with van der Waals surface area (Å²) in [6, 6.07) is 5.40. The molecule has 0 bridgehead atoms. The predicted molar refractivity (Wildman–Crippen MR) is 108 cm³/mol. The number of carbonyl (C=O) groups excluding carboxylic acids is 2. The number of nitrogens with zero attached hydrogens (tertiary/aromatic N) is 1. The molecule has 1 aromatic carbocycles. The van der Waals surface area contributed by atoms with Crippen LogP contribution in [-0.4, -0.2) is 70.6 Å². The average Bonchev–Trinajstić information content (AvgIpc) is 2.98. The quantitative estimate of drug-likeness (QED) is 0.564. The van der Waals surface area contributed by atoms with Crippen molar-refractivity contribution < 1.29 is 26.4 Å². The molecular formula is C18H27N3O6S2. The number of benzene rings is 1. The molecule has 1 heterocycles. The molecule has 162 valence electrons. The van der Waals surface area contributed by atoms with E-state index < -0.39 is 44.3 Å². The first kappa shape index (κ1) is 23.3. The summed E-state index contributed by atoms with van der Waals surface area (Å²) >= 11 is 0. The number of carbonyl (C=O) groups is 2. The summed E-state index contributed by atoms with van der Waals surface area (Å²) in [6.45, 7) is 3.10. The van der Waals surface area contributed by atoms with Crippen molar-refractivity contribution in [3.05, 3.63) is 29.8 Å². The summed E-state index contributed by atoms with van der Waals surface area (Å²) in [7, 11) is -5.55. The van der Waals surface area contributed by atoms with E-state index in [4.69, 9.17) is 0 Å². The van der Waals surface area contributed by atoms with Crippen LogP contribution in [0.15, 0.2) is 29.2 Å². The summed E-state index contributed by atoms with van der Waals surface area (Å²) < 4.78 is 48.8. The molecule has 2 N–H and O–H groups in total. The molecule has 1 aliphatic heterocycles. The first-order valence-corrected chi connectivity index (χ1v) is 12.5. The van der Waals surface area contributed by atoms with Gasteiger partial charge in [-0.05, 0) is 38.3 Å². The van der Waals surface area contributed by atoms with Crippen LogP contribution < -0.4 is 10.6 Å². The lowest BCUT2D eigenvalue weighted by Gasteiger charge is -2.19. The van der Waals surface area contributed by atoms with Crippen molar-refractivity contribution in [1.82, 2.24) is 14.9 Å². The smallest absolute Gasteiger partial charge is 0.243 e. The van der Waals surface area contributed by atoms with E-state index in [1.165, 1.54) is 26.1 Å². The fourth-order valence-corrected chi connectivity index (χ4v) is 5.95. The van der Waals surface area contributed by atoms with Crippen LogP contribution in [0.25, 0.3) is 0 Å². The van der Waals surface area contributed by atoms with Crippen molar-refractivity contribution in [2.24, 2.45) is 5.92 Å². The molecule has 11 heteroatoms. The molecular weight excluding hydrogens is 418 g/mol. The fourth-order valence-electron chi connectivity index (χ4n) is 2.96. The summed E-state index contributed by atoms with van der Waals surface area (Å²) in [5.74, 6) is -1.02. The van der Waals surface area contributed by atoms with Crippen LogP contribution >= 0.6 is 0 Å². The van der Waals surface area contributed by atoms with Gasteiger partial charge >= 0.3 is 0 Å². The number of sulfone groups is 1. The van der Waals surface area contributed by atoms with Gasteiger partial charge in [0.15, 0.2) is 9.84 Å². The molecule has 0 saturated carbocycles. The zero-order chi connectivity index (χ0) is 21.8. The number of amides is 2. The maximum atomic E-state index is 12.5. The first-order valence-electron chi connectivity index (χ1n) is 9.21. The Labute approximate surface area is 171 Å². The van der Waals surface area contributed by atoms with Crippen LogP contribution in [0.2, 0.25) is 0 Å². The second-order valence-corrected chi connectivity index (χ2v) is 11.7. The van der Waals surface area contributed by atoms with Gasteiger partial charge < -0.3 is 10.6 Å². The Hall–Kier alpha value is -1.98. The largest absolute Gasteiger partial charge is 0.354 e. The van der Waals surface area contributed by atoms with E-state index in [-0.39, 0.29) is 28.9 Å². The molecule has 2 amide bonds. The van der Waals surface area contributed by atoms with Crippen LogP contribution in [0.4, 0.5) is 0 Å². The lowest BCUT2D eigenvalue weighted by atomic mass is 10.1. The van der Waals surface area contributed by atoms with Gasteiger partial charge in [-0.1, -0.05) is 17.7 Å². The molecule has 1 aromatic rings. The maximum absolute atomic E-state index is 12.5. The third-order valence-corrected chi connectivity index (χ3v) is 8.41. The molecule has 0 spiro atoms. The van der Waals surface area contributed by atoms with Gasteiger partial charge in [-0.2, -0.15) is 4.31 Å². The van der Waals surface area contributed by atoms with Gasteiger partial charge in [-0.3, -0.25) is 9.59 Å². The average molecular weight is 446 g/mol. The summed E-state index contributed by atoms with van der Waals surface area (Å²) in [4.78, 5) is 24.4. The number of aryl methyl sites for hydroxylation is 1. The molecule has 1 aliphatic rings. The Bertz CT molecular complexity index is 958. The van der Waals surface area contributed by atoms with Gasteiger partial charge in [-0.25, -0.2) is 16.8 Å². The molecule has 2 atom stereocenters. The Balaban J connectivity index is 1.84. The molecule has 2 unspecified atom stereocenters. The molecule has 2 rings (SSSR count). The van der Waals surface area contributed by atoms with Crippen LogP contribution in [0.3, 0.4) is 0 Å². The predicted octanol–water partition coefficient (Wildman–Crippen LogP) is -0.329. The number of hydrogen-bond donors (Lipinski definition) is 2. The minimum absolute atomic E-state index is 0.0513. The third kappa shape index (κ3) is 6.51. The number of likely N-dealkylation sites (N-methyl/N-ethyl adjacent to an activating group) is 1. The van der Waals surface area contributed by atoms with E-state index in [1.54, 1.807) is 12.1 Å². The highest BCUT2D eigenvalue weighted by Gasteiger charge is 2.29. The minimum atomic E-state index is -3.82. The van der Waals surface area contributed by atoms with E-state index in [0.717, 1.165) is 9.87 Å². The Morgan fingerprint density at radius 2 is 1.86 bits per heavy atom. The second kappa shape index (κ2) is 9.23. The van der Waals surface area contributed by atoms with Gasteiger partial charge in [0.1, 0.15) is 6.04 Å². The maximum Gasteiger partial charge on any atom is 0.243 e. The highest BCUT2D eigenvalue weighted by Crippen LogP contribution is 2.17. The van der Waals surface area contributed by atoms with Crippen molar-refractivity contribution in [2.45, 2.75) is 31.2 Å². The first-order chi connectivity index (χ1) is 13.4. The number of rotatable bonds is 8. The fraction of sp³-hybridized carbons (Fsp3) is 0.556.